The molecule has 0 amide bonds. The highest BCUT2D eigenvalue weighted by Gasteiger charge is 2.20. The fourth-order valence-corrected chi connectivity index (χ4v) is 0.555. The number of rotatable bonds is 3. The summed E-state index contributed by atoms with van der Waals surface area (Å²) < 4.78 is 0. The highest BCUT2D eigenvalue weighted by Crippen LogP contribution is 1.97. The summed E-state index contributed by atoms with van der Waals surface area (Å²) in [5.74, 6) is -1.10. The van der Waals surface area contributed by atoms with E-state index >= 15 is 0 Å². The highest BCUT2D eigenvalue weighted by atomic mass is 16.4. The van der Waals surface area contributed by atoms with Gasteiger partial charge >= 0.3 is 5.97 Å². The number of aliphatic carboxylic acids is 1. The van der Waals surface area contributed by atoms with Crippen LogP contribution in [0.1, 0.15) is 13.8 Å². The molecule has 2 N–H and O–H groups in total. The molecule has 0 aliphatic carbocycles. The largest absolute Gasteiger partial charge is 0.480 e. The molecular formula is C6H11NO3. The van der Waals surface area contributed by atoms with Gasteiger partial charge in [-0.1, -0.05) is 0 Å². The molecule has 0 heterocycles. The summed E-state index contributed by atoms with van der Waals surface area (Å²) in [7, 11) is 0. The van der Waals surface area contributed by atoms with Crippen LogP contribution in [0.5, 0.6) is 0 Å². The third kappa shape index (κ3) is 2.59. The second kappa shape index (κ2) is 4.00. The third-order valence-corrected chi connectivity index (χ3v) is 1.02. The summed E-state index contributed by atoms with van der Waals surface area (Å²) >= 11 is 0. The number of nitrogens with zero attached hydrogens (tertiary/aromatic N) is 1. The van der Waals surface area contributed by atoms with Crippen LogP contribution in [0.15, 0.2) is 4.99 Å². The van der Waals surface area contributed by atoms with Crippen LogP contribution in [0, 0.1) is 0 Å². The summed E-state index contributed by atoms with van der Waals surface area (Å²) in [6, 6.07) is -1.02. The first-order chi connectivity index (χ1) is 4.59. The minimum absolute atomic E-state index is 0.936. The Labute approximate surface area is 59.2 Å². The van der Waals surface area contributed by atoms with Crippen molar-refractivity contribution in [3.63, 3.8) is 0 Å². The second-order valence-electron chi connectivity index (χ2n) is 1.93. The SMILES string of the molecule is CC=NC(C(=O)O)C(C)O. The van der Waals surface area contributed by atoms with Crippen molar-refractivity contribution in [2.24, 2.45) is 4.99 Å². The van der Waals surface area contributed by atoms with Crippen molar-refractivity contribution in [3.8, 4) is 0 Å². The van der Waals surface area contributed by atoms with E-state index in [1.807, 2.05) is 0 Å². The minimum atomic E-state index is -1.10. The number of carboxylic acid groups (broad SMARTS) is 1. The van der Waals surface area contributed by atoms with E-state index in [1.54, 1.807) is 6.92 Å². The molecule has 10 heavy (non-hydrogen) atoms. The molecular weight excluding hydrogens is 134 g/mol. The van der Waals surface area contributed by atoms with Crippen LogP contribution in [0.2, 0.25) is 0 Å². The Morgan fingerprint density at radius 1 is 1.70 bits per heavy atom. The molecule has 0 saturated carbocycles. The van der Waals surface area contributed by atoms with Crippen LogP contribution in [-0.2, 0) is 4.79 Å². The zero-order chi connectivity index (χ0) is 8.15. The zero-order valence-corrected chi connectivity index (χ0v) is 5.98. The van der Waals surface area contributed by atoms with Crippen molar-refractivity contribution < 1.29 is 15.0 Å². The summed E-state index contributed by atoms with van der Waals surface area (Å²) in [6.45, 7) is 3.00. The molecule has 2 atom stereocenters. The van der Waals surface area contributed by atoms with Gasteiger partial charge in [0.25, 0.3) is 0 Å². The number of carboxylic acids is 1. The van der Waals surface area contributed by atoms with Gasteiger partial charge in [-0.3, -0.25) is 4.99 Å². The average Bonchev–Trinajstić information content (AvgIpc) is 1.81. The molecule has 58 valence electrons. The van der Waals surface area contributed by atoms with Crippen molar-refractivity contribution in [1.82, 2.24) is 0 Å². The number of hydrogen-bond donors (Lipinski definition) is 2. The predicted molar refractivity (Wildman–Crippen MR) is 37.3 cm³/mol. The first kappa shape index (κ1) is 9.10. The predicted octanol–water partition coefficient (Wildman–Crippen LogP) is -0.0889. The monoisotopic (exact) mass is 145 g/mol. The lowest BCUT2D eigenvalue weighted by atomic mass is 10.2. The lowest BCUT2D eigenvalue weighted by molar-refractivity contribution is -0.140. The number of hydrogen-bond acceptors (Lipinski definition) is 3. The van der Waals surface area contributed by atoms with E-state index in [1.165, 1.54) is 13.1 Å². The van der Waals surface area contributed by atoms with Crippen molar-refractivity contribution in [2.75, 3.05) is 0 Å². The van der Waals surface area contributed by atoms with Gasteiger partial charge in [0, 0.05) is 0 Å². The molecule has 0 spiro atoms. The molecule has 0 aromatic rings. The molecule has 0 aliphatic heterocycles. The number of aliphatic hydroxyl groups excluding tert-OH is 1. The molecule has 4 heteroatoms. The average molecular weight is 145 g/mol. The van der Waals surface area contributed by atoms with Crippen molar-refractivity contribution in [1.29, 1.82) is 0 Å². The van der Waals surface area contributed by atoms with Crippen molar-refractivity contribution >= 4 is 12.2 Å². The molecule has 0 aromatic heterocycles. The minimum Gasteiger partial charge on any atom is -0.480 e. The molecule has 0 fully saturated rings. The maximum absolute atomic E-state index is 10.3. The van der Waals surface area contributed by atoms with E-state index in [9.17, 15) is 4.79 Å². The Kier molecular flexibility index (Phi) is 3.64. The number of carbonyl (C=O) groups is 1. The Morgan fingerprint density at radius 2 is 2.20 bits per heavy atom. The van der Waals surface area contributed by atoms with E-state index in [4.69, 9.17) is 10.2 Å². The summed E-state index contributed by atoms with van der Waals surface area (Å²) in [6.07, 6.45) is 0.430. The third-order valence-electron chi connectivity index (χ3n) is 1.02. The lowest BCUT2D eigenvalue weighted by Gasteiger charge is -2.08. The molecule has 0 bridgehead atoms. The van der Waals surface area contributed by atoms with Gasteiger partial charge in [-0.2, -0.15) is 0 Å². The van der Waals surface area contributed by atoms with Gasteiger partial charge in [0.1, 0.15) is 0 Å². The Morgan fingerprint density at radius 3 is 2.30 bits per heavy atom. The van der Waals surface area contributed by atoms with Gasteiger partial charge in [-0.05, 0) is 20.1 Å². The molecule has 0 radical (unpaired) electrons. The maximum atomic E-state index is 10.3. The smallest absolute Gasteiger partial charge is 0.331 e. The molecule has 0 rings (SSSR count). The molecule has 4 nitrogen and oxygen atoms in total. The topological polar surface area (TPSA) is 69.9 Å². The molecule has 2 unspecified atom stereocenters. The van der Waals surface area contributed by atoms with Crippen molar-refractivity contribution in [3.05, 3.63) is 0 Å². The first-order valence-electron chi connectivity index (χ1n) is 2.98. The van der Waals surface area contributed by atoms with Gasteiger partial charge < -0.3 is 10.2 Å². The summed E-state index contributed by atoms with van der Waals surface area (Å²) in [5.41, 5.74) is 0. The van der Waals surface area contributed by atoms with E-state index in [-0.39, 0.29) is 0 Å². The highest BCUT2D eigenvalue weighted by molar-refractivity contribution is 5.76. The fraction of sp³-hybridized carbons (Fsp3) is 0.667. The van der Waals surface area contributed by atoms with Gasteiger partial charge in [0.15, 0.2) is 6.04 Å². The molecule has 0 aliphatic rings. The van der Waals surface area contributed by atoms with E-state index in [0.717, 1.165) is 0 Å². The van der Waals surface area contributed by atoms with E-state index < -0.39 is 18.1 Å². The normalized spacial score (nSPS) is 17.1. The van der Waals surface area contributed by atoms with Crippen LogP contribution < -0.4 is 0 Å². The van der Waals surface area contributed by atoms with E-state index in [2.05, 4.69) is 4.99 Å². The van der Waals surface area contributed by atoms with Gasteiger partial charge in [-0.15, -0.1) is 0 Å². The fourth-order valence-electron chi connectivity index (χ4n) is 0.555. The quantitative estimate of drug-likeness (QED) is 0.545. The van der Waals surface area contributed by atoms with Crippen LogP contribution in [-0.4, -0.2) is 34.5 Å². The van der Waals surface area contributed by atoms with Gasteiger partial charge in [-0.25, -0.2) is 4.79 Å². The Balaban J connectivity index is 4.12. The van der Waals surface area contributed by atoms with Crippen LogP contribution in [0.3, 0.4) is 0 Å². The first-order valence-corrected chi connectivity index (χ1v) is 2.98. The summed E-state index contributed by atoms with van der Waals surface area (Å²) in [5, 5.41) is 17.2. The molecule has 0 saturated heterocycles. The Hall–Kier alpha value is -0.900. The van der Waals surface area contributed by atoms with Crippen LogP contribution in [0.4, 0.5) is 0 Å². The van der Waals surface area contributed by atoms with Gasteiger partial charge in [0.05, 0.1) is 6.10 Å². The zero-order valence-electron chi connectivity index (χ0n) is 5.98. The van der Waals surface area contributed by atoms with Crippen LogP contribution >= 0.6 is 0 Å². The standard InChI is InChI=1S/C6H11NO3/c1-3-7-5(4(2)8)6(9)10/h3-5,8H,1-2H3,(H,9,10). The maximum Gasteiger partial charge on any atom is 0.331 e. The number of aliphatic imine (C=N–C) groups is 1. The van der Waals surface area contributed by atoms with E-state index in [0.29, 0.717) is 0 Å². The number of aliphatic hydroxyl groups is 1. The summed E-state index contributed by atoms with van der Waals surface area (Å²) in [4.78, 5) is 13.8. The lowest BCUT2D eigenvalue weighted by Crippen LogP contribution is -2.29. The van der Waals surface area contributed by atoms with Crippen molar-refractivity contribution in [2.45, 2.75) is 26.0 Å². The van der Waals surface area contributed by atoms with Gasteiger partial charge in [0.2, 0.25) is 0 Å². The molecule has 0 aromatic carbocycles. The second-order valence-corrected chi connectivity index (χ2v) is 1.93. The Bertz CT molecular complexity index is 142. The van der Waals surface area contributed by atoms with Crippen LogP contribution in [0.25, 0.3) is 0 Å².